The summed E-state index contributed by atoms with van der Waals surface area (Å²) < 4.78 is 8.43. The molecule has 3 heterocycles. The van der Waals surface area contributed by atoms with Crippen molar-refractivity contribution < 1.29 is 9.53 Å². The van der Waals surface area contributed by atoms with Crippen molar-refractivity contribution in [1.82, 2.24) is 19.9 Å². The fraction of sp³-hybridized carbons (Fsp3) is 0.286. The van der Waals surface area contributed by atoms with Crippen LogP contribution in [0.25, 0.3) is 26.0 Å². The molecule has 0 radical (unpaired) electrons. The summed E-state index contributed by atoms with van der Waals surface area (Å²) >= 11 is 1.65. The van der Waals surface area contributed by atoms with E-state index in [9.17, 15) is 4.79 Å². The van der Waals surface area contributed by atoms with Gasteiger partial charge in [0.05, 0.1) is 18.4 Å². The van der Waals surface area contributed by atoms with Crippen LogP contribution in [-0.2, 0) is 11.3 Å². The van der Waals surface area contributed by atoms with Crippen molar-refractivity contribution in [1.29, 1.82) is 0 Å². The number of anilines is 1. The van der Waals surface area contributed by atoms with Gasteiger partial charge < -0.3 is 15.8 Å². The minimum Gasteiger partial charge on any atom is -0.495 e. The number of ketones is 1. The third-order valence-electron chi connectivity index (χ3n) is 4.91. The molecular formula is C21H23N5O2S. The van der Waals surface area contributed by atoms with E-state index in [4.69, 9.17) is 10.5 Å². The van der Waals surface area contributed by atoms with Gasteiger partial charge in [-0.2, -0.15) is 5.10 Å². The number of aromatic nitrogens is 3. The van der Waals surface area contributed by atoms with E-state index in [0.717, 1.165) is 42.9 Å². The zero-order valence-electron chi connectivity index (χ0n) is 16.7. The number of nitrogen functional groups attached to an aromatic ring is 1. The number of carbonyl (C=O) groups excluding carboxylic acids is 1. The van der Waals surface area contributed by atoms with Gasteiger partial charge in [0.15, 0.2) is 5.82 Å². The van der Waals surface area contributed by atoms with Gasteiger partial charge in [-0.25, -0.2) is 9.50 Å². The minimum atomic E-state index is 0.177. The number of aryl methyl sites for hydroxylation is 1. The summed E-state index contributed by atoms with van der Waals surface area (Å²) in [6.07, 6.45) is 3.91. The van der Waals surface area contributed by atoms with Crippen LogP contribution in [0, 0.1) is 6.92 Å². The van der Waals surface area contributed by atoms with Crippen molar-refractivity contribution in [2.45, 2.75) is 26.8 Å². The molecule has 4 aromatic rings. The van der Waals surface area contributed by atoms with E-state index >= 15 is 0 Å². The number of benzene rings is 1. The van der Waals surface area contributed by atoms with Gasteiger partial charge in [0.1, 0.15) is 23.4 Å². The van der Waals surface area contributed by atoms with Crippen molar-refractivity contribution >= 4 is 38.5 Å². The predicted molar refractivity (Wildman–Crippen MR) is 117 cm³/mol. The summed E-state index contributed by atoms with van der Waals surface area (Å²) in [5.41, 5.74) is 10.1. The Bertz CT molecular complexity index is 1210. The molecule has 0 aliphatic carbocycles. The van der Waals surface area contributed by atoms with Crippen LogP contribution in [0.5, 0.6) is 5.75 Å². The second-order valence-corrected chi connectivity index (χ2v) is 8.01. The molecule has 3 aromatic heterocycles. The fourth-order valence-corrected chi connectivity index (χ4v) is 4.71. The fourth-order valence-electron chi connectivity index (χ4n) is 3.49. The van der Waals surface area contributed by atoms with E-state index in [2.05, 4.69) is 34.5 Å². The van der Waals surface area contributed by atoms with Crippen molar-refractivity contribution in [2.75, 3.05) is 19.4 Å². The van der Waals surface area contributed by atoms with E-state index in [1.807, 2.05) is 19.2 Å². The van der Waals surface area contributed by atoms with Crippen molar-refractivity contribution in [2.24, 2.45) is 0 Å². The zero-order valence-corrected chi connectivity index (χ0v) is 17.5. The standard InChI is InChI=1S/C21H23N5O2S/c1-4-15(27)9-23-8-14-10-26-19(21(22)24-11-25-26)18(14)17-7-13-5-12(2)6-16(28-3)20(13)29-17/h5-7,10-11,23H,4,8-9H2,1-3H3,(H2,22,24,25). The lowest BCUT2D eigenvalue weighted by molar-refractivity contribution is -0.117. The summed E-state index contributed by atoms with van der Waals surface area (Å²) in [5.74, 6) is 1.46. The molecular weight excluding hydrogens is 386 g/mol. The zero-order chi connectivity index (χ0) is 20.5. The van der Waals surface area contributed by atoms with E-state index < -0.39 is 0 Å². The summed E-state index contributed by atoms with van der Waals surface area (Å²) in [5, 5.41) is 8.68. The molecule has 0 saturated heterocycles. The number of nitrogens with one attached hydrogen (secondary N) is 1. The molecule has 0 saturated carbocycles. The molecule has 0 bridgehead atoms. The van der Waals surface area contributed by atoms with Crippen LogP contribution in [-0.4, -0.2) is 34.0 Å². The summed E-state index contributed by atoms with van der Waals surface area (Å²) in [4.78, 5) is 16.9. The SMILES string of the molecule is CCC(=O)CNCc1cn2ncnc(N)c2c1-c1cc2cc(C)cc(OC)c2s1. The molecule has 0 aliphatic heterocycles. The Kier molecular flexibility index (Phi) is 5.21. The monoisotopic (exact) mass is 409 g/mol. The Hall–Kier alpha value is -2.97. The third-order valence-corrected chi connectivity index (χ3v) is 6.09. The number of thiophene rings is 1. The van der Waals surface area contributed by atoms with Crippen LogP contribution >= 0.6 is 11.3 Å². The molecule has 0 atom stereocenters. The number of hydrogen-bond donors (Lipinski definition) is 2. The van der Waals surface area contributed by atoms with Crippen molar-refractivity contribution in [3.8, 4) is 16.2 Å². The summed E-state index contributed by atoms with van der Waals surface area (Å²) in [7, 11) is 1.69. The van der Waals surface area contributed by atoms with Gasteiger partial charge >= 0.3 is 0 Å². The molecule has 0 unspecified atom stereocenters. The second kappa shape index (κ2) is 7.81. The van der Waals surface area contributed by atoms with Crippen LogP contribution in [0.4, 0.5) is 5.82 Å². The third kappa shape index (κ3) is 3.56. The lowest BCUT2D eigenvalue weighted by atomic mass is 10.1. The average molecular weight is 410 g/mol. The lowest BCUT2D eigenvalue weighted by Gasteiger charge is -2.05. The Labute approximate surface area is 172 Å². The maximum Gasteiger partial charge on any atom is 0.152 e. The molecule has 1 aromatic carbocycles. The van der Waals surface area contributed by atoms with E-state index in [1.165, 1.54) is 6.33 Å². The number of methoxy groups -OCH3 is 1. The van der Waals surface area contributed by atoms with Crippen molar-refractivity contribution in [3.63, 3.8) is 0 Å². The normalized spacial score (nSPS) is 11.4. The highest BCUT2D eigenvalue weighted by Gasteiger charge is 2.19. The largest absolute Gasteiger partial charge is 0.495 e. The second-order valence-electron chi connectivity index (χ2n) is 6.96. The van der Waals surface area contributed by atoms with Gasteiger partial charge in [-0.3, -0.25) is 4.79 Å². The number of carbonyl (C=O) groups is 1. The summed E-state index contributed by atoms with van der Waals surface area (Å²) in [6.45, 7) is 4.79. The molecule has 29 heavy (non-hydrogen) atoms. The number of fused-ring (bicyclic) bond motifs is 2. The Morgan fingerprint density at radius 1 is 1.34 bits per heavy atom. The van der Waals surface area contributed by atoms with E-state index in [0.29, 0.717) is 25.3 Å². The van der Waals surface area contributed by atoms with Crippen LogP contribution in [0.2, 0.25) is 0 Å². The Morgan fingerprint density at radius 2 is 2.17 bits per heavy atom. The number of Topliss-reactive ketones (excluding diaryl/α,β-unsaturated/α-hetero) is 1. The van der Waals surface area contributed by atoms with Crippen LogP contribution in [0.3, 0.4) is 0 Å². The predicted octanol–water partition coefficient (Wildman–Crippen LogP) is 3.58. The van der Waals surface area contributed by atoms with Gasteiger partial charge in [-0.1, -0.05) is 13.0 Å². The molecule has 0 amide bonds. The molecule has 150 valence electrons. The lowest BCUT2D eigenvalue weighted by Crippen LogP contribution is -2.21. The van der Waals surface area contributed by atoms with Gasteiger partial charge in [0.2, 0.25) is 0 Å². The Morgan fingerprint density at radius 3 is 2.93 bits per heavy atom. The highest BCUT2D eigenvalue weighted by Crippen LogP contribution is 2.43. The van der Waals surface area contributed by atoms with E-state index in [1.54, 1.807) is 23.0 Å². The number of nitrogens with two attached hydrogens (primary N) is 1. The molecule has 0 aliphatic rings. The van der Waals surface area contributed by atoms with E-state index in [-0.39, 0.29) is 5.78 Å². The maximum absolute atomic E-state index is 11.7. The molecule has 7 nitrogen and oxygen atoms in total. The van der Waals surface area contributed by atoms with Gasteiger partial charge in [-0.05, 0) is 35.6 Å². The van der Waals surface area contributed by atoms with Gasteiger partial charge in [-0.15, -0.1) is 11.3 Å². The van der Waals surface area contributed by atoms with Crippen LogP contribution < -0.4 is 15.8 Å². The smallest absolute Gasteiger partial charge is 0.152 e. The first-order valence-corrected chi connectivity index (χ1v) is 10.2. The molecule has 4 rings (SSSR count). The van der Waals surface area contributed by atoms with Crippen LogP contribution in [0.1, 0.15) is 24.5 Å². The number of ether oxygens (including phenoxy) is 1. The Balaban J connectivity index is 1.86. The number of nitrogens with zero attached hydrogens (tertiary/aromatic N) is 3. The quantitative estimate of drug-likeness (QED) is 0.484. The maximum atomic E-state index is 11.7. The number of rotatable bonds is 7. The highest BCUT2D eigenvalue weighted by atomic mass is 32.1. The number of hydrogen-bond acceptors (Lipinski definition) is 7. The van der Waals surface area contributed by atoms with Gasteiger partial charge in [0, 0.05) is 29.6 Å². The minimum absolute atomic E-state index is 0.177. The van der Waals surface area contributed by atoms with Gasteiger partial charge in [0.25, 0.3) is 0 Å². The highest BCUT2D eigenvalue weighted by molar-refractivity contribution is 7.22. The first-order valence-electron chi connectivity index (χ1n) is 9.43. The molecule has 3 N–H and O–H groups in total. The first kappa shape index (κ1) is 19.4. The molecule has 0 spiro atoms. The van der Waals surface area contributed by atoms with Crippen LogP contribution in [0.15, 0.2) is 30.7 Å². The summed E-state index contributed by atoms with van der Waals surface area (Å²) in [6, 6.07) is 6.34. The average Bonchev–Trinajstić information content (AvgIpc) is 3.28. The van der Waals surface area contributed by atoms with Crippen molar-refractivity contribution in [3.05, 3.63) is 41.9 Å². The molecule has 8 heteroatoms. The molecule has 0 fully saturated rings. The topological polar surface area (TPSA) is 94.5 Å². The first-order chi connectivity index (χ1) is 14.0.